The Morgan fingerprint density at radius 2 is 2.10 bits per heavy atom. The molecule has 2 heterocycles. The van der Waals surface area contributed by atoms with E-state index in [1.165, 1.54) is 12.3 Å². The van der Waals surface area contributed by atoms with Gasteiger partial charge in [0.25, 0.3) is 5.92 Å². The molecule has 1 fully saturated rings. The third-order valence-corrected chi connectivity index (χ3v) is 3.34. The highest BCUT2D eigenvalue weighted by Crippen LogP contribution is 2.30. The molecule has 0 bridgehead atoms. The highest BCUT2D eigenvalue weighted by atomic mass is 19.4. The number of hydrogen-bond donors (Lipinski definition) is 1. The van der Waals surface area contributed by atoms with E-state index in [1.54, 1.807) is 4.90 Å². The molecule has 21 heavy (non-hydrogen) atoms. The maximum Gasteiger partial charge on any atom is 0.418 e. The summed E-state index contributed by atoms with van der Waals surface area (Å²) in [4.78, 5) is 5.31. The molecule has 8 heteroatoms. The molecule has 1 aliphatic heterocycles. The summed E-state index contributed by atoms with van der Waals surface area (Å²) in [6.45, 7) is 0.700. The van der Waals surface area contributed by atoms with Gasteiger partial charge in [-0.2, -0.15) is 13.2 Å². The third-order valence-electron chi connectivity index (χ3n) is 3.34. The van der Waals surface area contributed by atoms with Gasteiger partial charge in [0, 0.05) is 38.8 Å². The Balaban J connectivity index is 1.79. The zero-order valence-corrected chi connectivity index (χ0v) is 11.3. The van der Waals surface area contributed by atoms with Gasteiger partial charge in [0.2, 0.25) is 0 Å². The molecule has 0 amide bonds. The fraction of sp³-hybridized carbons (Fsp3) is 0.615. The normalized spacial score (nSPS) is 19.1. The summed E-state index contributed by atoms with van der Waals surface area (Å²) in [7, 11) is 0. The average molecular weight is 309 g/mol. The highest BCUT2D eigenvalue weighted by Gasteiger charge is 2.37. The van der Waals surface area contributed by atoms with Gasteiger partial charge >= 0.3 is 6.18 Å². The number of aromatic nitrogens is 1. The molecule has 1 aromatic rings. The number of rotatable bonds is 5. The molecule has 118 valence electrons. The summed E-state index contributed by atoms with van der Waals surface area (Å²) >= 11 is 0. The Bertz CT molecular complexity index is 475. The van der Waals surface area contributed by atoms with E-state index in [0.29, 0.717) is 19.6 Å². The second-order valence-corrected chi connectivity index (χ2v) is 5.05. The van der Waals surface area contributed by atoms with E-state index in [9.17, 15) is 22.0 Å². The van der Waals surface area contributed by atoms with E-state index in [0.717, 1.165) is 6.07 Å². The smallest absolute Gasteiger partial charge is 0.310 e. The van der Waals surface area contributed by atoms with Crippen LogP contribution in [0.1, 0.15) is 17.7 Å². The molecule has 1 N–H and O–H groups in total. The van der Waals surface area contributed by atoms with Crippen molar-refractivity contribution in [1.29, 1.82) is 0 Å². The summed E-state index contributed by atoms with van der Waals surface area (Å²) in [5.41, 5.74) is -0.859. The van der Waals surface area contributed by atoms with Gasteiger partial charge in [0.05, 0.1) is 17.8 Å². The predicted octanol–water partition coefficient (Wildman–Crippen LogP) is 2.53. The van der Waals surface area contributed by atoms with Crippen molar-refractivity contribution in [2.45, 2.75) is 25.1 Å². The van der Waals surface area contributed by atoms with E-state index < -0.39 is 17.7 Å². The van der Waals surface area contributed by atoms with E-state index >= 15 is 0 Å². The third kappa shape index (κ3) is 4.60. The first-order valence-electron chi connectivity index (χ1n) is 6.60. The molecule has 1 aromatic heterocycles. The van der Waals surface area contributed by atoms with E-state index in [4.69, 9.17) is 0 Å². The highest BCUT2D eigenvalue weighted by molar-refractivity contribution is 5.22. The first kappa shape index (κ1) is 16.1. The number of halogens is 5. The van der Waals surface area contributed by atoms with Gasteiger partial charge in [-0.1, -0.05) is 0 Å². The molecule has 1 saturated heterocycles. The number of likely N-dealkylation sites (tertiary alicyclic amines) is 1. The molecule has 0 saturated carbocycles. The zero-order valence-electron chi connectivity index (χ0n) is 11.3. The van der Waals surface area contributed by atoms with Crippen molar-refractivity contribution in [3.63, 3.8) is 0 Å². The first-order valence-corrected chi connectivity index (χ1v) is 6.60. The number of nitrogens with zero attached hydrogens (tertiary/aromatic N) is 2. The topological polar surface area (TPSA) is 28.2 Å². The summed E-state index contributed by atoms with van der Waals surface area (Å²) in [6.07, 6.45) is -3.30. The summed E-state index contributed by atoms with van der Waals surface area (Å²) in [5, 5.41) is 2.82. The van der Waals surface area contributed by atoms with E-state index in [-0.39, 0.29) is 25.2 Å². The molecular formula is C13H16F5N3. The van der Waals surface area contributed by atoms with Gasteiger partial charge in [-0.15, -0.1) is 0 Å². The fourth-order valence-corrected chi connectivity index (χ4v) is 2.28. The Morgan fingerprint density at radius 3 is 2.71 bits per heavy atom. The fourth-order valence-electron chi connectivity index (χ4n) is 2.28. The monoisotopic (exact) mass is 309 g/mol. The second kappa shape index (κ2) is 6.23. The van der Waals surface area contributed by atoms with Crippen molar-refractivity contribution < 1.29 is 22.0 Å². The molecule has 0 spiro atoms. The minimum atomic E-state index is -4.44. The van der Waals surface area contributed by atoms with Crippen molar-refractivity contribution in [2.75, 3.05) is 26.2 Å². The van der Waals surface area contributed by atoms with Crippen LogP contribution in [0.25, 0.3) is 0 Å². The lowest BCUT2D eigenvalue weighted by molar-refractivity contribution is -0.138. The Hall–Kier alpha value is -1.28. The second-order valence-electron chi connectivity index (χ2n) is 5.05. The van der Waals surface area contributed by atoms with Gasteiger partial charge in [0.1, 0.15) is 0 Å². The van der Waals surface area contributed by atoms with Crippen molar-refractivity contribution in [2.24, 2.45) is 0 Å². The molecule has 0 aliphatic carbocycles. The maximum absolute atomic E-state index is 13.0. The first-order chi connectivity index (χ1) is 9.78. The van der Waals surface area contributed by atoms with Crippen LogP contribution < -0.4 is 5.32 Å². The lowest BCUT2D eigenvalue weighted by Crippen LogP contribution is -2.32. The predicted molar refractivity (Wildman–Crippen MR) is 66.9 cm³/mol. The molecule has 2 rings (SSSR count). The van der Waals surface area contributed by atoms with Crippen LogP contribution in [0.15, 0.2) is 18.3 Å². The van der Waals surface area contributed by atoms with Crippen LogP contribution in [0.4, 0.5) is 22.0 Å². The van der Waals surface area contributed by atoms with Crippen LogP contribution in [0, 0.1) is 0 Å². The molecular weight excluding hydrogens is 293 g/mol. The number of hydrogen-bond acceptors (Lipinski definition) is 3. The number of nitrogens with one attached hydrogen (secondary N) is 1. The minimum absolute atomic E-state index is 0.0417. The average Bonchev–Trinajstić information content (AvgIpc) is 2.74. The molecule has 3 nitrogen and oxygen atoms in total. The Labute approximate surface area is 119 Å². The minimum Gasteiger partial charge on any atom is -0.310 e. The quantitative estimate of drug-likeness (QED) is 0.669. The van der Waals surface area contributed by atoms with Crippen LogP contribution in [0.2, 0.25) is 0 Å². The summed E-state index contributed by atoms with van der Waals surface area (Å²) < 4.78 is 64.1. The van der Waals surface area contributed by atoms with Gasteiger partial charge in [0.15, 0.2) is 0 Å². The Morgan fingerprint density at radius 1 is 1.33 bits per heavy atom. The van der Waals surface area contributed by atoms with Crippen LogP contribution in [-0.4, -0.2) is 42.0 Å². The molecule has 0 atom stereocenters. The molecule has 0 radical (unpaired) electrons. The standard InChI is InChI=1S/C13H16F5N3/c14-12(15)3-6-21(9-12)7-5-19-8-11-10(13(16,17)18)2-1-4-20-11/h1-2,4,19H,3,5-9H2. The van der Waals surface area contributed by atoms with Crippen LogP contribution >= 0.6 is 0 Å². The summed E-state index contributed by atoms with van der Waals surface area (Å²) in [5.74, 6) is -2.65. The van der Waals surface area contributed by atoms with E-state index in [2.05, 4.69) is 10.3 Å². The molecule has 1 aliphatic rings. The Kier molecular flexibility index (Phi) is 4.77. The van der Waals surface area contributed by atoms with Gasteiger partial charge < -0.3 is 5.32 Å². The largest absolute Gasteiger partial charge is 0.418 e. The molecule has 0 aromatic carbocycles. The SMILES string of the molecule is FC1(F)CCN(CCNCc2ncccc2C(F)(F)F)C1. The van der Waals surface area contributed by atoms with Crippen LogP contribution in [0.5, 0.6) is 0 Å². The lowest BCUT2D eigenvalue weighted by atomic mass is 10.2. The van der Waals surface area contributed by atoms with Gasteiger partial charge in [-0.3, -0.25) is 9.88 Å². The van der Waals surface area contributed by atoms with E-state index in [1.807, 2.05) is 0 Å². The van der Waals surface area contributed by atoms with Crippen LogP contribution in [0.3, 0.4) is 0 Å². The lowest BCUT2D eigenvalue weighted by Gasteiger charge is -2.16. The molecule has 0 unspecified atom stereocenters. The van der Waals surface area contributed by atoms with Gasteiger partial charge in [-0.05, 0) is 12.1 Å². The number of alkyl halides is 5. The van der Waals surface area contributed by atoms with Crippen molar-refractivity contribution in [1.82, 2.24) is 15.2 Å². The van der Waals surface area contributed by atoms with Gasteiger partial charge in [-0.25, -0.2) is 8.78 Å². The van der Waals surface area contributed by atoms with Crippen LogP contribution in [-0.2, 0) is 12.7 Å². The summed E-state index contributed by atoms with van der Waals surface area (Å²) in [6, 6.07) is 2.21. The maximum atomic E-state index is 13.0. The number of pyridine rings is 1. The van der Waals surface area contributed by atoms with Crippen molar-refractivity contribution in [3.8, 4) is 0 Å². The van der Waals surface area contributed by atoms with Crippen molar-refractivity contribution >= 4 is 0 Å². The zero-order chi connectivity index (χ0) is 15.5. The van der Waals surface area contributed by atoms with Crippen molar-refractivity contribution in [3.05, 3.63) is 29.6 Å².